The van der Waals surface area contributed by atoms with Gasteiger partial charge in [0.1, 0.15) is 12.9 Å². The summed E-state index contributed by atoms with van der Waals surface area (Å²) in [5.74, 6) is 0.311. The van der Waals surface area contributed by atoms with Gasteiger partial charge in [0, 0.05) is 30.3 Å². The van der Waals surface area contributed by atoms with Crippen molar-refractivity contribution in [1.82, 2.24) is 9.36 Å². The first-order valence-electron chi connectivity index (χ1n) is 12.3. The Balaban J connectivity index is 1.31. The van der Waals surface area contributed by atoms with Gasteiger partial charge in [0.2, 0.25) is 5.13 Å². The predicted octanol–water partition coefficient (Wildman–Crippen LogP) is 3.92. The van der Waals surface area contributed by atoms with E-state index in [0.29, 0.717) is 22.1 Å². The van der Waals surface area contributed by atoms with Crippen molar-refractivity contribution in [2.75, 3.05) is 31.5 Å². The van der Waals surface area contributed by atoms with Crippen LogP contribution in [0.25, 0.3) is 0 Å². The number of rotatable bonds is 6. The van der Waals surface area contributed by atoms with Gasteiger partial charge in [0.25, 0.3) is 5.91 Å². The van der Waals surface area contributed by atoms with Crippen LogP contribution in [0.4, 0.5) is 5.13 Å². The van der Waals surface area contributed by atoms with Crippen molar-refractivity contribution >= 4 is 28.5 Å². The molecular weight excluding hydrogens is 436 g/mol. The van der Waals surface area contributed by atoms with E-state index < -0.39 is 5.41 Å². The number of ether oxygens (including phenoxy) is 1. The van der Waals surface area contributed by atoms with Crippen molar-refractivity contribution in [3.05, 3.63) is 42.2 Å². The minimum absolute atomic E-state index is 0.0401. The highest BCUT2D eigenvalue weighted by Gasteiger charge is 2.51. The number of benzene rings is 1. The van der Waals surface area contributed by atoms with Gasteiger partial charge in [-0.2, -0.15) is 4.37 Å². The average Bonchev–Trinajstić information content (AvgIpc) is 3.20. The van der Waals surface area contributed by atoms with Crippen molar-refractivity contribution in [2.45, 2.75) is 62.9 Å². The molecule has 0 spiro atoms. The molecule has 7 nitrogen and oxygen atoms in total. The topological polar surface area (TPSA) is 81.2 Å². The van der Waals surface area contributed by atoms with Crippen LogP contribution in [-0.2, 0) is 19.7 Å². The monoisotopic (exact) mass is 469 g/mol. The molecular formula is C25H33N4O3S+. The lowest BCUT2D eigenvalue weighted by Gasteiger charge is -2.52. The molecule has 4 heterocycles. The summed E-state index contributed by atoms with van der Waals surface area (Å²) in [6.07, 6.45) is 9.53. The summed E-state index contributed by atoms with van der Waals surface area (Å²) in [5.41, 5.74) is 0.558. The molecule has 3 aliphatic heterocycles. The fourth-order valence-electron chi connectivity index (χ4n) is 6.22. The van der Waals surface area contributed by atoms with E-state index in [-0.39, 0.29) is 18.0 Å². The van der Waals surface area contributed by atoms with Crippen LogP contribution in [-0.4, -0.2) is 58.0 Å². The Labute approximate surface area is 199 Å². The van der Waals surface area contributed by atoms with Crippen LogP contribution in [0.1, 0.15) is 56.9 Å². The fourth-order valence-corrected chi connectivity index (χ4v) is 6.67. The summed E-state index contributed by atoms with van der Waals surface area (Å²) in [6, 6.07) is 10.2. The number of hydrogen-bond donors (Lipinski definition) is 1. The van der Waals surface area contributed by atoms with Gasteiger partial charge in [-0.1, -0.05) is 56.0 Å². The van der Waals surface area contributed by atoms with Gasteiger partial charge in [0.15, 0.2) is 12.6 Å². The van der Waals surface area contributed by atoms with Crippen LogP contribution < -0.4 is 5.32 Å². The van der Waals surface area contributed by atoms with Crippen LogP contribution in [0.5, 0.6) is 0 Å². The minimum atomic E-state index is -0.538. The molecule has 4 aliphatic rings. The molecule has 2 bridgehead atoms. The standard InChI is InChI=1S/C25H32N4O3S/c30-22(28-24-26-18-27-33-24)17-29-14-10-19(11-15-29)21(16-29)32-23(31)25(12-6-1-2-7-13-25)20-8-4-3-5-9-20/h3-5,8-9,18-19,21H,1-2,6-7,10-17H2/p+1/t19?,21-,29?/m0/s1. The zero-order chi connectivity index (χ0) is 22.7. The number of amides is 1. The van der Waals surface area contributed by atoms with E-state index in [1.54, 1.807) is 0 Å². The SMILES string of the molecule is O=C(C[N+]12CCC(CC1)[C@@H](OC(=O)C1(c3ccccc3)CCCCCC1)C2)Nc1ncns1. The van der Waals surface area contributed by atoms with Gasteiger partial charge in [-0.15, -0.1) is 0 Å². The molecule has 1 amide bonds. The number of nitrogens with zero attached hydrogens (tertiary/aromatic N) is 3. The number of anilines is 1. The van der Waals surface area contributed by atoms with Crippen LogP contribution >= 0.6 is 11.5 Å². The predicted molar refractivity (Wildman–Crippen MR) is 127 cm³/mol. The first-order chi connectivity index (χ1) is 16.1. The van der Waals surface area contributed by atoms with E-state index in [2.05, 4.69) is 26.8 Å². The van der Waals surface area contributed by atoms with Crippen molar-refractivity contribution in [2.24, 2.45) is 5.92 Å². The number of aromatic nitrogens is 2. The van der Waals surface area contributed by atoms with Gasteiger partial charge in [0.05, 0.1) is 18.5 Å². The lowest BCUT2D eigenvalue weighted by atomic mass is 9.74. The smallest absolute Gasteiger partial charge is 0.317 e. The van der Waals surface area contributed by atoms with E-state index >= 15 is 0 Å². The summed E-state index contributed by atoms with van der Waals surface area (Å²) < 4.78 is 11.0. The first-order valence-corrected chi connectivity index (χ1v) is 13.0. The maximum absolute atomic E-state index is 13.8. The normalized spacial score (nSPS) is 28.6. The molecule has 1 aliphatic carbocycles. The Morgan fingerprint density at radius 1 is 1.09 bits per heavy atom. The molecule has 1 atom stereocenters. The zero-order valence-electron chi connectivity index (χ0n) is 19.1. The highest BCUT2D eigenvalue weighted by atomic mass is 32.1. The lowest BCUT2D eigenvalue weighted by molar-refractivity contribution is -0.939. The lowest BCUT2D eigenvalue weighted by Crippen LogP contribution is -2.66. The quantitative estimate of drug-likeness (QED) is 0.394. The number of esters is 1. The molecule has 3 saturated heterocycles. The molecule has 1 N–H and O–H groups in total. The van der Waals surface area contributed by atoms with Crippen LogP contribution in [0.3, 0.4) is 0 Å². The van der Waals surface area contributed by atoms with E-state index in [9.17, 15) is 9.59 Å². The molecule has 6 rings (SSSR count). The van der Waals surface area contributed by atoms with E-state index in [1.807, 2.05) is 18.2 Å². The summed E-state index contributed by atoms with van der Waals surface area (Å²) in [4.78, 5) is 30.6. The Kier molecular flexibility index (Phi) is 6.47. The Morgan fingerprint density at radius 3 is 2.48 bits per heavy atom. The van der Waals surface area contributed by atoms with Crippen LogP contribution in [0.2, 0.25) is 0 Å². The molecule has 176 valence electrons. The summed E-state index contributed by atoms with van der Waals surface area (Å²) in [6.45, 7) is 3.05. The fraction of sp³-hybridized carbons (Fsp3) is 0.600. The summed E-state index contributed by atoms with van der Waals surface area (Å²) in [5, 5.41) is 3.40. The van der Waals surface area contributed by atoms with E-state index in [0.717, 1.165) is 63.7 Å². The largest absolute Gasteiger partial charge is 0.455 e. The van der Waals surface area contributed by atoms with Crippen LogP contribution in [0, 0.1) is 5.92 Å². The molecule has 1 aromatic heterocycles. The van der Waals surface area contributed by atoms with Gasteiger partial charge < -0.3 is 9.22 Å². The maximum atomic E-state index is 13.8. The first kappa shape index (κ1) is 22.5. The number of carbonyl (C=O) groups is 2. The van der Waals surface area contributed by atoms with Crippen molar-refractivity contribution in [3.63, 3.8) is 0 Å². The number of quaternary nitrogens is 1. The van der Waals surface area contributed by atoms with E-state index in [4.69, 9.17) is 4.74 Å². The molecule has 1 aromatic carbocycles. The number of nitrogens with one attached hydrogen (secondary N) is 1. The highest BCUT2D eigenvalue weighted by Crippen LogP contribution is 2.42. The van der Waals surface area contributed by atoms with Gasteiger partial charge in [-0.25, -0.2) is 4.98 Å². The molecule has 0 radical (unpaired) electrons. The third-order valence-corrected chi connectivity index (χ3v) is 8.64. The number of piperidine rings is 3. The minimum Gasteiger partial charge on any atom is -0.455 e. The second kappa shape index (κ2) is 9.50. The summed E-state index contributed by atoms with van der Waals surface area (Å²) in [7, 11) is 0. The number of carbonyl (C=O) groups excluding carboxylic acids is 2. The molecule has 8 heteroatoms. The Morgan fingerprint density at radius 2 is 1.82 bits per heavy atom. The molecule has 0 unspecified atom stereocenters. The Hall–Kier alpha value is -2.32. The van der Waals surface area contributed by atoms with Crippen LogP contribution in [0.15, 0.2) is 36.7 Å². The van der Waals surface area contributed by atoms with Crippen molar-refractivity contribution < 1.29 is 18.8 Å². The van der Waals surface area contributed by atoms with Crippen molar-refractivity contribution in [1.29, 1.82) is 0 Å². The van der Waals surface area contributed by atoms with Gasteiger partial charge in [-0.3, -0.25) is 14.9 Å². The summed E-state index contributed by atoms with van der Waals surface area (Å²) >= 11 is 1.18. The molecule has 33 heavy (non-hydrogen) atoms. The van der Waals surface area contributed by atoms with Gasteiger partial charge in [-0.05, 0) is 18.4 Å². The molecule has 4 fully saturated rings. The number of hydrogen-bond acceptors (Lipinski definition) is 6. The third kappa shape index (κ3) is 4.68. The molecule has 1 saturated carbocycles. The zero-order valence-corrected chi connectivity index (χ0v) is 19.9. The number of fused-ring (bicyclic) bond motifs is 3. The maximum Gasteiger partial charge on any atom is 0.317 e. The second-order valence-corrected chi connectivity index (χ2v) is 10.8. The van der Waals surface area contributed by atoms with Gasteiger partial charge >= 0.3 is 5.97 Å². The van der Waals surface area contributed by atoms with E-state index in [1.165, 1.54) is 30.7 Å². The second-order valence-electron chi connectivity index (χ2n) is 10.1. The molecule has 2 aromatic rings. The van der Waals surface area contributed by atoms with Crippen molar-refractivity contribution in [3.8, 4) is 0 Å². The highest BCUT2D eigenvalue weighted by molar-refractivity contribution is 7.09. The average molecular weight is 470 g/mol. The Bertz CT molecular complexity index is 949. The third-order valence-electron chi connectivity index (χ3n) is 8.06.